The number of carbonyl (C=O) groups is 1. The minimum Gasteiger partial charge on any atom is -0.294 e. The number of Topliss-reactive ketones (excluding diaryl/α,β-unsaturated/α-hetero) is 1. The summed E-state index contributed by atoms with van der Waals surface area (Å²) in [4.78, 5) is 12.4. The van der Waals surface area contributed by atoms with Crippen LogP contribution in [0.4, 0.5) is 5.69 Å². The number of aryl methyl sites for hydroxylation is 1. The number of hydrogen-bond acceptors (Lipinski definition) is 3. The minimum atomic E-state index is -3.30. The molecule has 0 amide bonds. The number of hydrogen-bond donors (Lipinski definition) is 1. The van der Waals surface area contributed by atoms with E-state index in [1.165, 1.54) is 11.1 Å². The van der Waals surface area contributed by atoms with E-state index < -0.39 is 10.0 Å². The maximum atomic E-state index is 12.4. The number of rotatable bonds is 8. The van der Waals surface area contributed by atoms with Gasteiger partial charge in [0.05, 0.1) is 5.75 Å². The van der Waals surface area contributed by atoms with Crippen molar-refractivity contribution in [3.05, 3.63) is 64.2 Å². The zero-order chi connectivity index (χ0) is 19.4. The topological polar surface area (TPSA) is 63.2 Å². The lowest BCUT2D eigenvalue weighted by molar-refractivity contribution is 0.0978. The Hall–Kier alpha value is -1.85. The number of benzene rings is 2. The van der Waals surface area contributed by atoms with Crippen LogP contribution in [0.3, 0.4) is 0 Å². The van der Waals surface area contributed by atoms with E-state index >= 15 is 0 Å². The summed E-state index contributed by atoms with van der Waals surface area (Å²) in [6.45, 7) is 1.58. The average molecular weight is 406 g/mol. The highest BCUT2D eigenvalue weighted by Gasteiger charge is 2.22. The van der Waals surface area contributed by atoms with Gasteiger partial charge in [0.1, 0.15) is 0 Å². The summed E-state index contributed by atoms with van der Waals surface area (Å²) >= 11 is 6.06. The molecular weight excluding hydrogens is 382 g/mol. The van der Waals surface area contributed by atoms with Crippen LogP contribution < -0.4 is 4.72 Å². The number of ketones is 1. The van der Waals surface area contributed by atoms with Crippen LogP contribution >= 0.6 is 11.6 Å². The third-order valence-electron chi connectivity index (χ3n) is 5.12. The standard InChI is InChI=1S/C21H24ClNO3S/c1-2-27(25,26)23-19-11-8-16(9-12-19)21(24)5-3-4-15-6-7-17-14-18(22)10-13-20(15)17/h8-15,23H,2-7H2,1H3/t15-/m0/s1. The first-order valence-corrected chi connectivity index (χ1v) is 11.3. The Kier molecular flexibility index (Phi) is 6.22. The number of sulfonamides is 1. The maximum Gasteiger partial charge on any atom is 0.232 e. The van der Waals surface area contributed by atoms with Crippen LogP contribution in [0.5, 0.6) is 0 Å². The zero-order valence-electron chi connectivity index (χ0n) is 15.4. The first kappa shape index (κ1) is 19.9. The van der Waals surface area contributed by atoms with E-state index in [1.807, 2.05) is 6.07 Å². The number of halogens is 1. The summed E-state index contributed by atoms with van der Waals surface area (Å²) in [6, 6.07) is 12.8. The Labute approximate surface area is 166 Å². The van der Waals surface area contributed by atoms with Gasteiger partial charge in [-0.05, 0) is 86.1 Å². The zero-order valence-corrected chi connectivity index (χ0v) is 16.9. The van der Waals surface area contributed by atoms with Gasteiger partial charge in [-0.25, -0.2) is 8.42 Å². The molecule has 1 aliphatic carbocycles. The van der Waals surface area contributed by atoms with E-state index in [2.05, 4.69) is 16.9 Å². The highest BCUT2D eigenvalue weighted by atomic mass is 35.5. The van der Waals surface area contributed by atoms with E-state index in [1.54, 1.807) is 31.2 Å². The van der Waals surface area contributed by atoms with E-state index in [0.717, 1.165) is 30.7 Å². The largest absolute Gasteiger partial charge is 0.294 e. The van der Waals surface area contributed by atoms with Gasteiger partial charge in [0.15, 0.2) is 5.78 Å². The number of carbonyl (C=O) groups excluding carboxylic acids is 1. The van der Waals surface area contributed by atoms with Crippen molar-refractivity contribution < 1.29 is 13.2 Å². The maximum absolute atomic E-state index is 12.4. The van der Waals surface area contributed by atoms with Crippen molar-refractivity contribution in [2.75, 3.05) is 10.5 Å². The fraction of sp³-hybridized carbons (Fsp3) is 0.381. The second kappa shape index (κ2) is 8.44. The lowest BCUT2D eigenvalue weighted by Gasteiger charge is -2.11. The van der Waals surface area contributed by atoms with Gasteiger partial charge in [0.2, 0.25) is 10.0 Å². The molecule has 1 atom stereocenters. The first-order chi connectivity index (χ1) is 12.9. The molecule has 4 nitrogen and oxygen atoms in total. The fourth-order valence-corrected chi connectivity index (χ4v) is 4.44. The van der Waals surface area contributed by atoms with Gasteiger partial charge in [-0.1, -0.05) is 17.7 Å². The summed E-state index contributed by atoms with van der Waals surface area (Å²) in [7, 11) is -3.30. The molecular formula is C21H24ClNO3S. The fourth-order valence-electron chi connectivity index (χ4n) is 3.60. The Morgan fingerprint density at radius 3 is 2.63 bits per heavy atom. The van der Waals surface area contributed by atoms with E-state index in [0.29, 0.717) is 23.6 Å². The van der Waals surface area contributed by atoms with Crippen LogP contribution in [0, 0.1) is 0 Å². The highest BCUT2D eigenvalue weighted by Crippen LogP contribution is 2.37. The van der Waals surface area contributed by atoms with E-state index in [9.17, 15) is 13.2 Å². The van der Waals surface area contributed by atoms with Crippen LogP contribution in [-0.2, 0) is 16.4 Å². The Bertz CT molecular complexity index is 923. The molecule has 0 bridgehead atoms. The molecule has 0 heterocycles. The Morgan fingerprint density at radius 2 is 1.93 bits per heavy atom. The molecule has 0 fully saturated rings. The van der Waals surface area contributed by atoms with E-state index in [-0.39, 0.29) is 11.5 Å². The first-order valence-electron chi connectivity index (χ1n) is 9.30. The van der Waals surface area contributed by atoms with Crippen molar-refractivity contribution in [3.8, 4) is 0 Å². The van der Waals surface area contributed by atoms with Gasteiger partial charge < -0.3 is 0 Å². The monoisotopic (exact) mass is 405 g/mol. The molecule has 0 saturated carbocycles. The lowest BCUT2D eigenvalue weighted by Crippen LogP contribution is -2.14. The molecule has 144 valence electrons. The van der Waals surface area contributed by atoms with Crippen molar-refractivity contribution >= 4 is 33.1 Å². The Balaban J connectivity index is 1.52. The van der Waals surface area contributed by atoms with Gasteiger partial charge >= 0.3 is 0 Å². The molecule has 2 aromatic rings. The van der Waals surface area contributed by atoms with Gasteiger partial charge in [-0.3, -0.25) is 9.52 Å². The van der Waals surface area contributed by atoms with Gasteiger partial charge in [-0.15, -0.1) is 0 Å². The predicted molar refractivity (Wildman–Crippen MR) is 110 cm³/mol. The molecule has 0 unspecified atom stereocenters. The molecule has 2 aromatic carbocycles. The molecule has 0 aromatic heterocycles. The van der Waals surface area contributed by atoms with Crippen molar-refractivity contribution in [2.45, 2.75) is 44.9 Å². The second-order valence-electron chi connectivity index (χ2n) is 6.98. The molecule has 0 radical (unpaired) electrons. The second-order valence-corrected chi connectivity index (χ2v) is 9.42. The molecule has 1 N–H and O–H groups in total. The summed E-state index contributed by atoms with van der Waals surface area (Å²) < 4.78 is 25.6. The van der Waals surface area contributed by atoms with Crippen LogP contribution in [0.15, 0.2) is 42.5 Å². The van der Waals surface area contributed by atoms with Gasteiger partial charge in [0.25, 0.3) is 0 Å². The summed E-state index contributed by atoms with van der Waals surface area (Å²) in [5, 5.41) is 0.786. The van der Waals surface area contributed by atoms with Crippen LogP contribution in [0.25, 0.3) is 0 Å². The van der Waals surface area contributed by atoms with E-state index in [4.69, 9.17) is 11.6 Å². The lowest BCUT2D eigenvalue weighted by atomic mass is 9.94. The summed E-state index contributed by atoms with van der Waals surface area (Å²) in [6.07, 6.45) is 4.52. The number of fused-ring (bicyclic) bond motifs is 1. The molecule has 27 heavy (non-hydrogen) atoms. The van der Waals surface area contributed by atoms with Gasteiger partial charge in [0, 0.05) is 22.7 Å². The van der Waals surface area contributed by atoms with Crippen LogP contribution in [0.2, 0.25) is 5.02 Å². The minimum absolute atomic E-state index is 0.0180. The summed E-state index contributed by atoms with van der Waals surface area (Å²) in [5.41, 5.74) is 3.81. The van der Waals surface area contributed by atoms with Gasteiger partial charge in [-0.2, -0.15) is 0 Å². The number of anilines is 1. The summed E-state index contributed by atoms with van der Waals surface area (Å²) in [5.74, 6) is 0.620. The van der Waals surface area contributed by atoms with Crippen molar-refractivity contribution in [3.63, 3.8) is 0 Å². The molecule has 0 aliphatic heterocycles. The van der Waals surface area contributed by atoms with Crippen molar-refractivity contribution in [2.24, 2.45) is 0 Å². The average Bonchev–Trinajstić information content (AvgIpc) is 3.04. The number of nitrogens with one attached hydrogen (secondary N) is 1. The Morgan fingerprint density at radius 1 is 1.19 bits per heavy atom. The smallest absolute Gasteiger partial charge is 0.232 e. The molecule has 0 saturated heterocycles. The predicted octanol–water partition coefficient (Wildman–Crippen LogP) is 5.18. The van der Waals surface area contributed by atoms with Crippen LogP contribution in [-0.4, -0.2) is 20.0 Å². The molecule has 0 spiro atoms. The third kappa shape index (κ3) is 5.11. The normalized spacial score (nSPS) is 16.1. The van der Waals surface area contributed by atoms with Crippen molar-refractivity contribution in [1.82, 2.24) is 0 Å². The third-order valence-corrected chi connectivity index (χ3v) is 6.67. The quantitative estimate of drug-likeness (QED) is 0.615. The van der Waals surface area contributed by atoms with Crippen LogP contribution in [0.1, 0.15) is 60.0 Å². The highest BCUT2D eigenvalue weighted by molar-refractivity contribution is 7.92. The SMILES string of the molecule is CCS(=O)(=O)Nc1ccc(C(=O)CCC[C@H]2CCc3cc(Cl)ccc32)cc1. The molecule has 3 rings (SSSR count). The molecule has 6 heteroatoms. The van der Waals surface area contributed by atoms with Crippen molar-refractivity contribution in [1.29, 1.82) is 0 Å². The molecule has 1 aliphatic rings.